The van der Waals surface area contributed by atoms with Crippen LogP contribution >= 0.6 is 0 Å². The Morgan fingerprint density at radius 2 is 2.26 bits per heavy atom. The molecule has 5 nitrogen and oxygen atoms in total. The summed E-state index contributed by atoms with van der Waals surface area (Å²) in [6, 6.07) is 5.59. The zero-order valence-electron chi connectivity index (χ0n) is 11.4. The van der Waals surface area contributed by atoms with Gasteiger partial charge in [0.15, 0.2) is 0 Å². The summed E-state index contributed by atoms with van der Waals surface area (Å²) in [4.78, 5) is 12.2. The van der Waals surface area contributed by atoms with E-state index < -0.39 is 5.41 Å². The number of aryl methyl sites for hydroxylation is 1. The third-order valence-electron chi connectivity index (χ3n) is 3.36. The lowest BCUT2D eigenvalue weighted by atomic mass is 9.85. The maximum Gasteiger partial charge on any atom is 0.236 e. The Morgan fingerprint density at radius 3 is 2.74 bits per heavy atom. The van der Waals surface area contributed by atoms with Crippen LogP contribution in [-0.2, 0) is 9.53 Å². The number of carbonyl (C=O) groups is 1. The second kappa shape index (κ2) is 5.59. The van der Waals surface area contributed by atoms with E-state index in [1.54, 1.807) is 0 Å². The SMILES string of the molecule is CCOc1ccc(NC(=O)C2(CN)COC2)cc1C. The average Bonchev–Trinajstić information content (AvgIpc) is 2.32. The first-order chi connectivity index (χ1) is 9.11. The zero-order valence-corrected chi connectivity index (χ0v) is 11.4. The van der Waals surface area contributed by atoms with Crippen molar-refractivity contribution in [2.75, 3.05) is 31.7 Å². The minimum absolute atomic E-state index is 0.0789. The smallest absolute Gasteiger partial charge is 0.236 e. The van der Waals surface area contributed by atoms with Crippen molar-refractivity contribution in [3.05, 3.63) is 23.8 Å². The maximum atomic E-state index is 12.2. The average molecular weight is 264 g/mol. The quantitative estimate of drug-likeness (QED) is 0.841. The van der Waals surface area contributed by atoms with E-state index in [9.17, 15) is 4.79 Å². The Kier molecular flexibility index (Phi) is 4.07. The fraction of sp³-hybridized carbons (Fsp3) is 0.500. The van der Waals surface area contributed by atoms with Crippen molar-refractivity contribution in [2.45, 2.75) is 13.8 Å². The Balaban J connectivity index is 2.07. The highest BCUT2D eigenvalue weighted by Gasteiger charge is 2.44. The van der Waals surface area contributed by atoms with Crippen molar-refractivity contribution in [2.24, 2.45) is 11.1 Å². The molecule has 104 valence electrons. The number of carbonyl (C=O) groups excluding carboxylic acids is 1. The molecule has 0 radical (unpaired) electrons. The second-order valence-electron chi connectivity index (χ2n) is 4.84. The van der Waals surface area contributed by atoms with Crippen molar-refractivity contribution >= 4 is 11.6 Å². The van der Waals surface area contributed by atoms with Crippen LogP contribution in [0.5, 0.6) is 5.75 Å². The molecule has 19 heavy (non-hydrogen) atoms. The van der Waals surface area contributed by atoms with E-state index in [1.165, 1.54) is 0 Å². The van der Waals surface area contributed by atoms with Gasteiger partial charge in [-0.25, -0.2) is 0 Å². The molecule has 0 aromatic heterocycles. The van der Waals surface area contributed by atoms with Gasteiger partial charge in [-0.15, -0.1) is 0 Å². The molecule has 1 heterocycles. The summed E-state index contributed by atoms with van der Waals surface area (Å²) in [5, 5.41) is 2.89. The first-order valence-corrected chi connectivity index (χ1v) is 6.44. The van der Waals surface area contributed by atoms with Crippen molar-refractivity contribution in [3.8, 4) is 5.75 Å². The highest BCUT2D eigenvalue weighted by atomic mass is 16.5. The number of ether oxygens (including phenoxy) is 2. The van der Waals surface area contributed by atoms with Crippen LogP contribution < -0.4 is 15.8 Å². The molecule has 1 aliphatic heterocycles. The Hall–Kier alpha value is -1.59. The fourth-order valence-corrected chi connectivity index (χ4v) is 2.00. The van der Waals surface area contributed by atoms with Gasteiger partial charge in [-0.2, -0.15) is 0 Å². The van der Waals surface area contributed by atoms with Crippen molar-refractivity contribution < 1.29 is 14.3 Å². The van der Waals surface area contributed by atoms with Gasteiger partial charge in [0.2, 0.25) is 5.91 Å². The van der Waals surface area contributed by atoms with Crippen LogP contribution in [0.4, 0.5) is 5.69 Å². The molecule has 1 aliphatic rings. The summed E-state index contributed by atoms with van der Waals surface area (Å²) < 4.78 is 10.6. The number of anilines is 1. The number of hydrogen-bond donors (Lipinski definition) is 2. The van der Waals surface area contributed by atoms with E-state index in [0.717, 1.165) is 17.0 Å². The largest absolute Gasteiger partial charge is 0.494 e. The molecule has 0 bridgehead atoms. The molecule has 3 N–H and O–H groups in total. The molecule has 0 spiro atoms. The molecular formula is C14H20N2O3. The van der Waals surface area contributed by atoms with Gasteiger partial charge in [0.05, 0.1) is 19.8 Å². The summed E-state index contributed by atoms with van der Waals surface area (Å²) in [5.41, 5.74) is 6.84. The molecule has 5 heteroatoms. The lowest BCUT2D eigenvalue weighted by molar-refractivity contribution is -0.153. The number of nitrogens with two attached hydrogens (primary N) is 1. The predicted molar refractivity (Wildman–Crippen MR) is 73.3 cm³/mol. The van der Waals surface area contributed by atoms with Crippen LogP contribution in [0.2, 0.25) is 0 Å². The normalized spacial score (nSPS) is 16.6. The number of benzene rings is 1. The number of hydrogen-bond acceptors (Lipinski definition) is 4. The number of amides is 1. The minimum atomic E-state index is -0.563. The molecule has 0 unspecified atom stereocenters. The van der Waals surface area contributed by atoms with Gasteiger partial charge >= 0.3 is 0 Å². The molecule has 0 aliphatic carbocycles. The Morgan fingerprint density at radius 1 is 1.53 bits per heavy atom. The monoisotopic (exact) mass is 264 g/mol. The van der Waals surface area contributed by atoms with Crippen molar-refractivity contribution in [3.63, 3.8) is 0 Å². The molecule has 1 saturated heterocycles. The zero-order chi connectivity index (χ0) is 13.9. The van der Waals surface area contributed by atoms with Crippen LogP contribution in [0, 0.1) is 12.3 Å². The van der Waals surface area contributed by atoms with Gasteiger partial charge < -0.3 is 20.5 Å². The van der Waals surface area contributed by atoms with E-state index in [2.05, 4.69) is 5.32 Å². The highest BCUT2D eigenvalue weighted by Crippen LogP contribution is 2.29. The standard InChI is InChI=1S/C14H20N2O3/c1-3-19-12-5-4-11(6-10(12)2)16-13(17)14(7-15)8-18-9-14/h4-6H,3,7-9,15H2,1-2H3,(H,16,17). The molecule has 1 aromatic carbocycles. The molecular weight excluding hydrogens is 244 g/mol. The number of nitrogens with one attached hydrogen (secondary N) is 1. The topological polar surface area (TPSA) is 73.6 Å². The van der Waals surface area contributed by atoms with Gasteiger partial charge in [-0.3, -0.25) is 4.79 Å². The van der Waals surface area contributed by atoms with Crippen LogP contribution in [0.1, 0.15) is 12.5 Å². The van der Waals surface area contributed by atoms with E-state index in [4.69, 9.17) is 15.2 Å². The minimum Gasteiger partial charge on any atom is -0.494 e. The summed E-state index contributed by atoms with van der Waals surface area (Å²) in [7, 11) is 0. The Labute approximate surface area is 113 Å². The van der Waals surface area contributed by atoms with Crippen molar-refractivity contribution in [1.29, 1.82) is 0 Å². The van der Waals surface area contributed by atoms with Gasteiger partial charge in [-0.05, 0) is 37.6 Å². The van der Waals surface area contributed by atoms with Crippen LogP contribution in [-0.4, -0.2) is 32.3 Å². The summed E-state index contributed by atoms with van der Waals surface area (Å²) in [6.07, 6.45) is 0. The maximum absolute atomic E-state index is 12.2. The third kappa shape index (κ3) is 2.72. The lowest BCUT2D eigenvalue weighted by Gasteiger charge is -2.38. The van der Waals surface area contributed by atoms with Gasteiger partial charge in [0, 0.05) is 12.2 Å². The second-order valence-corrected chi connectivity index (χ2v) is 4.84. The molecule has 2 rings (SSSR count). The van der Waals surface area contributed by atoms with Crippen molar-refractivity contribution in [1.82, 2.24) is 0 Å². The van der Waals surface area contributed by atoms with Gasteiger partial charge in [0.1, 0.15) is 11.2 Å². The van der Waals surface area contributed by atoms with Gasteiger partial charge in [0.25, 0.3) is 0 Å². The van der Waals surface area contributed by atoms with E-state index in [0.29, 0.717) is 26.4 Å². The fourth-order valence-electron chi connectivity index (χ4n) is 2.00. The van der Waals surface area contributed by atoms with E-state index in [-0.39, 0.29) is 5.91 Å². The summed E-state index contributed by atoms with van der Waals surface area (Å²) in [5.74, 6) is 0.755. The van der Waals surface area contributed by atoms with Crippen LogP contribution in [0.15, 0.2) is 18.2 Å². The van der Waals surface area contributed by atoms with E-state index >= 15 is 0 Å². The van der Waals surface area contributed by atoms with Crippen LogP contribution in [0.3, 0.4) is 0 Å². The predicted octanol–water partition coefficient (Wildman–Crippen LogP) is 1.31. The summed E-state index contributed by atoms with van der Waals surface area (Å²) >= 11 is 0. The Bertz CT molecular complexity index is 464. The summed E-state index contributed by atoms with van der Waals surface area (Å²) in [6.45, 7) is 5.61. The van der Waals surface area contributed by atoms with E-state index in [1.807, 2.05) is 32.0 Å². The highest BCUT2D eigenvalue weighted by molar-refractivity contribution is 5.96. The third-order valence-corrected chi connectivity index (χ3v) is 3.36. The lowest BCUT2D eigenvalue weighted by Crippen LogP contribution is -2.56. The molecule has 1 amide bonds. The molecule has 0 atom stereocenters. The van der Waals surface area contributed by atoms with Gasteiger partial charge in [-0.1, -0.05) is 0 Å². The van der Waals surface area contributed by atoms with Crippen LogP contribution in [0.25, 0.3) is 0 Å². The number of rotatable bonds is 5. The molecule has 1 fully saturated rings. The molecule has 1 aromatic rings. The molecule has 0 saturated carbocycles. The first-order valence-electron chi connectivity index (χ1n) is 6.44. The first kappa shape index (κ1) is 13.8.